The van der Waals surface area contributed by atoms with Crippen molar-refractivity contribution in [1.82, 2.24) is 9.88 Å². The fourth-order valence-electron chi connectivity index (χ4n) is 5.88. The molecule has 0 amide bonds. The zero-order valence-corrected chi connectivity index (χ0v) is 16.0. The Morgan fingerprint density at radius 1 is 1.33 bits per heavy atom. The Hall–Kier alpha value is -1.00. The minimum Gasteiger partial charge on any atom is -0.496 e. The standard InChI is InChI=1S/C20H25BrN2O/c1-3-12-8-11-9-14-19-13(6-7-23(10-11)20(12)14)17-15(22-19)4-5-16(24-2)18(17)21/h4-5,11-12,14,20,22H,3,6-10H2,1-2H3. The number of H-pyrrole nitrogens is 1. The molecule has 3 aliphatic heterocycles. The fraction of sp³-hybridized carbons (Fsp3) is 0.600. The number of fused-ring (bicyclic) bond motifs is 4. The zero-order chi connectivity index (χ0) is 16.4. The van der Waals surface area contributed by atoms with Crippen molar-refractivity contribution in [2.75, 3.05) is 20.2 Å². The molecule has 0 spiro atoms. The Bertz CT molecular complexity index is 799. The molecule has 4 aliphatic rings. The average molecular weight is 389 g/mol. The molecule has 4 heterocycles. The molecular formula is C20H25BrN2O. The molecule has 4 heteroatoms. The van der Waals surface area contributed by atoms with E-state index in [1.807, 2.05) is 0 Å². The number of hydrogen-bond acceptors (Lipinski definition) is 2. The lowest BCUT2D eigenvalue weighted by atomic mass is 9.65. The molecule has 2 saturated heterocycles. The van der Waals surface area contributed by atoms with Gasteiger partial charge in [0.15, 0.2) is 0 Å². The molecule has 3 fully saturated rings. The van der Waals surface area contributed by atoms with Crippen LogP contribution in [0, 0.1) is 11.8 Å². The predicted molar refractivity (Wildman–Crippen MR) is 101 cm³/mol. The van der Waals surface area contributed by atoms with Crippen molar-refractivity contribution < 1.29 is 4.74 Å². The molecule has 1 aliphatic carbocycles. The molecular weight excluding hydrogens is 364 g/mol. The summed E-state index contributed by atoms with van der Waals surface area (Å²) >= 11 is 3.81. The van der Waals surface area contributed by atoms with E-state index < -0.39 is 0 Å². The third-order valence-electron chi connectivity index (χ3n) is 6.80. The van der Waals surface area contributed by atoms with Crippen molar-refractivity contribution >= 4 is 26.8 Å². The number of rotatable bonds is 2. The van der Waals surface area contributed by atoms with Crippen LogP contribution in [0.5, 0.6) is 5.75 Å². The second kappa shape index (κ2) is 5.50. The van der Waals surface area contributed by atoms with Gasteiger partial charge in [0.1, 0.15) is 5.75 Å². The summed E-state index contributed by atoms with van der Waals surface area (Å²) < 4.78 is 6.66. The van der Waals surface area contributed by atoms with Gasteiger partial charge in [-0.05, 0) is 64.7 Å². The summed E-state index contributed by atoms with van der Waals surface area (Å²) in [6.07, 6.45) is 5.28. The van der Waals surface area contributed by atoms with Gasteiger partial charge >= 0.3 is 0 Å². The topological polar surface area (TPSA) is 28.3 Å². The number of methoxy groups -OCH3 is 1. The van der Waals surface area contributed by atoms with Crippen LogP contribution in [-0.2, 0) is 6.42 Å². The summed E-state index contributed by atoms with van der Waals surface area (Å²) in [4.78, 5) is 6.63. The number of hydrogen-bond donors (Lipinski definition) is 1. The van der Waals surface area contributed by atoms with Gasteiger partial charge < -0.3 is 9.72 Å². The number of nitrogens with one attached hydrogen (secondary N) is 1. The van der Waals surface area contributed by atoms with Crippen LogP contribution in [0.15, 0.2) is 16.6 Å². The largest absolute Gasteiger partial charge is 0.496 e. The van der Waals surface area contributed by atoms with Gasteiger partial charge in [-0.3, -0.25) is 4.90 Å². The van der Waals surface area contributed by atoms with Gasteiger partial charge in [0, 0.05) is 41.6 Å². The van der Waals surface area contributed by atoms with E-state index in [9.17, 15) is 0 Å². The number of aromatic nitrogens is 1. The van der Waals surface area contributed by atoms with Crippen LogP contribution in [-0.4, -0.2) is 36.1 Å². The Balaban J connectivity index is 1.70. The highest BCUT2D eigenvalue weighted by Gasteiger charge is 2.48. The minimum absolute atomic E-state index is 0.685. The van der Waals surface area contributed by atoms with Gasteiger partial charge in [0.05, 0.1) is 11.6 Å². The van der Waals surface area contributed by atoms with Crippen LogP contribution < -0.4 is 4.74 Å². The van der Waals surface area contributed by atoms with E-state index in [4.69, 9.17) is 4.74 Å². The first-order chi connectivity index (χ1) is 11.7. The quantitative estimate of drug-likeness (QED) is 0.807. The van der Waals surface area contributed by atoms with Gasteiger partial charge in [0.25, 0.3) is 0 Å². The normalized spacial score (nSPS) is 34.2. The summed E-state index contributed by atoms with van der Waals surface area (Å²) in [6.45, 7) is 4.91. The van der Waals surface area contributed by atoms with Gasteiger partial charge in [-0.1, -0.05) is 13.3 Å². The number of nitrogens with zero attached hydrogens (tertiary/aromatic N) is 1. The van der Waals surface area contributed by atoms with Gasteiger partial charge in [-0.15, -0.1) is 0 Å². The highest BCUT2D eigenvalue weighted by molar-refractivity contribution is 9.10. The molecule has 5 unspecified atom stereocenters. The lowest BCUT2D eigenvalue weighted by molar-refractivity contribution is -0.0134. The third kappa shape index (κ3) is 1.99. The first kappa shape index (κ1) is 15.3. The number of ether oxygens (including phenoxy) is 1. The first-order valence-corrected chi connectivity index (χ1v) is 10.1. The Morgan fingerprint density at radius 2 is 2.21 bits per heavy atom. The summed E-state index contributed by atoms with van der Waals surface area (Å²) in [5.41, 5.74) is 4.32. The van der Waals surface area contributed by atoms with Crippen LogP contribution >= 0.6 is 15.9 Å². The molecule has 0 radical (unpaired) electrons. The van der Waals surface area contributed by atoms with Crippen molar-refractivity contribution in [3.8, 4) is 5.75 Å². The van der Waals surface area contributed by atoms with Gasteiger partial charge in [-0.2, -0.15) is 0 Å². The summed E-state index contributed by atoms with van der Waals surface area (Å²) in [5.74, 6) is 3.38. The van der Waals surface area contributed by atoms with Crippen molar-refractivity contribution in [3.05, 3.63) is 27.9 Å². The molecule has 6 rings (SSSR count). The summed E-state index contributed by atoms with van der Waals surface area (Å²) in [5, 5.41) is 1.35. The van der Waals surface area contributed by atoms with E-state index in [2.05, 4.69) is 44.9 Å². The van der Waals surface area contributed by atoms with E-state index >= 15 is 0 Å². The van der Waals surface area contributed by atoms with E-state index in [1.54, 1.807) is 7.11 Å². The molecule has 4 bridgehead atoms. The number of halogens is 1. The van der Waals surface area contributed by atoms with Crippen molar-refractivity contribution in [2.24, 2.45) is 11.8 Å². The Labute approximate surface area is 151 Å². The highest BCUT2D eigenvalue weighted by Crippen LogP contribution is 2.51. The second-order valence-electron chi connectivity index (χ2n) is 7.87. The van der Waals surface area contributed by atoms with Crippen LogP contribution in [0.2, 0.25) is 0 Å². The predicted octanol–water partition coefficient (Wildman–Crippen LogP) is 4.70. The number of benzene rings is 1. The van der Waals surface area contributed by atoms with Gasteiger partial charge in [0.2, 0.25) is 0 Å². The van der Waals surface area contributed by atoms with Crippen molar-refractivity contribution in [1.29, 1.82) is 0 Å². The molecule has 1 aromatic heterocycles. The molecule has 3 nitrogen and oxygen atoms in total. The van der Waals surface area contributed by atoms with Crippen LogP contribution in [0.1, 0.15) is 43.4 Å². The van der Waals surface area contributed by atoms with Crippen LogP contribution in [0.25, 0.3) is 10.9 Å². The number of piperidine rings is 2. The van der Waals surface area contributed by atoms with E-state index in [1.165, 1.54) is 54.5 Å². The minimum atomic E-state index is 0.685. The summed E-state index contributed by atoms with van der Waals surface area (Å²) in [6, 6.07) is 5.00. The maximum absolute atomic E-state index is 5.54. The van der Waals surface area contributed by atoms with Gasteiger partial charge in [-0.25, -0.2) is 0 Å². The molecule has 5 atom stereocenters. The lowest BCUT2D eigenvalue weighted by Crippen LogP contribution is -2.56. The molecule has 2 aromatic rings. The first-order valence-electron chi connectivity index (χ1n) is 9.32. The van der Waals surface area contributed by atoms with Crippen LogP contribution in [0.4, 0.5) is 0 Å². The second-order valence-corrected chi connectivity index (χ2v) is 8.66. The zero-order valence-electron chi connectivity index (χ0n) is 14.4. The highest BCUT2D eigenvalue weighted by atomic mass is 79.9. The Kier molecular flexibility index (Phi) is 3.50. The third-order valence-corrected chi connectivity index (χ3v) is 7.59. The van der Waals surface area contributed by atoms with E-state index in [-0.39, 0.29) is 0 Å². The maximum atomic E-state index is 5.54. The lowest BCUT2D eigenvalue weighted by Gasteiger charge is -2.53. The monoisotopic (exact) mass is 388 g/mol. The fourth-order valence-corrected chi connectivity index (χ4v) is 6.63. The SMILES string of the molecule is CCC1CC2CC3c4[nH]c5ccc(OC)c(Br)c5c4CCN(C2)C13. The average Bonchev–Trinajstić information content (AvgIpc) is 2.94. The van der Waals surface area contributed by atoms with Crippen LogP contribution in [0.3, 0.4) is 0 Å². The molecule has 1 N–H and O–H groups in total. The summed E-state index contributed by atoms with van der Waals surface area (Å²) in [7, 11) is 1.75. The van der Waals surface area contributed by atoms with Crippen molar-refractivity contribution in [3.63, 3.8) is 0 Å². The van der Waals surface area contributed by atoms with Crippen molar-refractivity contribution in [2.45, 2.75) is 44.6 Å². The molecule has 1 aromatic carbocycles. The molecule has 1 saturated carbocycles. The molecule has 128 valence electrons. The maximum Gasteiger partial charge on any atom is 0.133 e. The van der Waals surface area contributed by atoms with E-state index in [0.29, 0.717) is 5.92 Å². The molecule has 24 heavy (non-hydrogen) atoms. The van der Waals surface area contributed by atoms with E-state index in [0.717, 1.165) is 34.5 Å². The number of aromatic amines is 1. The Morgan fingerprint density at radius 3 is 3.00 bits per heavy atom. The smallest absolute Gasteiger partial charge is 0.133 e.